The molecule has 0 atom stereocenters. The van der Waals surface area contributed by atoms with E-state index in [0.717, 1.165) is 12.8 Å². The quantitative estimate of drug-likeness (QED) is 0.495. The summed E-state index contributed by atoms with van der Waals surface area (Å²) in [5, 5.41) is 2.72. The summed E-state index contributed by atoms with van der Waals surface area (Å²) in [6.07, 6.45) is 1.76. The van der Waals surface area contributed by atoms with Crippen LogP contribution in [0.5, 0.6) is 17.2 Å². The predicted octanol–water partition coefficient (Wildman–Crippen LogP) is 3.68. The van der Waals surface area contributed by atoms with E-state index in [4.69, 9.17) is 18.9 Å². The zero-order chi connectivity index (χ0) is 20.4. The Balaban J connectivity index is 1.93. The van der Waals surface area contributed by atoms with Crippen LogP contribution in [0.2, 0.25) is 0 Å². The summed E-state index contributed by atoms with van der Waals surface area (Å²) in [7, 11) is 3.04. The molecule has 150 valence electrons. The van der Waals surface area contributed by atoms with Gasteiger partial charge in [0.25, 0.3) is 5.91 Å². The lowest BCUT2D eigenvalue weighted by atomic mass is 10.2. The maximum absolute atomic E-state index is 12.1. The van der Waals surface area contributed by atoms with E-state index in [-0.39, 0.29) is 12.5 Å². The Kier molecular flexibility index (Phi) is 8.14. The summed E-state index contributed by atoms with van der Waals surface area (Å²) < 4.78 is 21.0. The van der Waals surface area contributed by atoms with Crippen LogP contribution in [0, 0.1) is 0 Å². The predicted molar refractivity (Wildman–Crippen MR) is 105 cm³/mol. The molecule has 0 saturated heterocycles. The number of carbonyl (C=O) groups excluding carboxylic acids is 2. The summed E-state index contributed by atoms with van der Waals surface area (Å²) in [6.45, 7) is 2.19. The van der Waals surface area contributed by atoms with Gasteiger partial charge in [0.15, 0.2) is 18.1 Å². The van der Waals surface area contributed by atoms with Gasteiger partial charge in [0.1, 0.15) is 5.75 Å². The Hall–Kier alpha value is -3.22. The third-order valence-electron chi connectivity index (χ3n) is 3.86. The van der Waals surface area contributed by atoms with E-state index in [0.29, 0.717) is 35.1 Å². The molecule has 0 unspecified atom stereocenters. The Morgan fingerprint density at radius 1 is 0.964 bits per heavy atom. The molecule has 0 saturated carbocycles. The average molecular weight is 387 g/mol. The molecule has 0 spiro atoms. The molecular formula is C21H25NO6. The van der Waals surface area contributed by atoms with Crippen molar-refractivity contribution in [1.82, 2.24) is 0 Å². The number of ether oxygens (including phenoxy) is 4. The van der Waals surface area contributed by atoms with Crippen LogP contribution in [-0.2, 0) is 9.53 Å². The van der Waals surface area contributed by atoms with Gasteiger partial charge < -0.3 is 24.3 Å². The second-order valence-corrected chi connectivity index (χ2v) is 5.92. The lowest BCUT2D eigenvalue weighted by molar-refractivity contribution is -0.118. The number of unbranched alkanes of at least 4 members (excludes halogenated alkanes) is 1. The fourth-order valence-corrected chi connectivity index (χ4v) is 2.32. The minimum Gasteiger partial charge on any atom is -0.497 e. The highest BCUT2D eigenvalue weighted by molar-refractivity contribution is 5.92. The summed E-state index contributed by atoms with van der Waals surface area (Å²) in [6, 6.07) is 11.6. The minimum atomic E-state index is -0.421. The number of nitrogens with one attached hydrogen (secondary N) is 1. The first-order valence-electron chi connectivity index (χ1n) is 8.99. The van der Waals surface area contributed by atoms with E-state index in [1.807, 2.05) is 6.92 Å². The number of carbonyl (C=O) groups is 2. The third kappa shape index (κ3) is 6.19. The molecule has 0 aliphatic rings. The third-order valence-corrected chi connectivity index (χ3v) is 3.86. The van der Waals surface area contributed by atoms with Crippen LogP contribution in [-0.4, -0.2) is 39.3 Å². The fourth-order valence-electron chi connectivity index (χ4n) is 2.32. The first kappa shape index (κ1) is 21.1. The van der Waals surface area contributed by atoms with E-state index in [1.165, 1.54) is 13.2 Å². The van der Waals surface area contributed by atoms with Gasteiger partial charge in [-0.25, -0.2) is 4.79 Å². The molecule has 1 N–H and O–H groups in total. The molecule has 0 bridgehead atoms. The van der Waals surface area contributed by atoms with E-state index < -0.39 is 5.97 Å². The summed E-state index contributed by atoms with van der Waals surface area (Å²) in [5.41, 5.74) is 0.995. The van der Waals surface area contributed by atoms with E-state index >= 15 is 0 Å². The molecule has 0 heterocycles. The Morgan fingerprint density at radius 2 is 1.71 bits per heavy atom. The normalized spacial score (nSPS) is 10.1. The maximum Gasteiger partial charge on any atom is 0.338 e. The van der Waals surface area contributed by atoms with Crippen molar-refractivity contribution in [3.05, 3.63) is 48.0 Å². The molecule has 0 aliphatic heterocycles. The molecule has 0 aliphatic carbocycles. The van der Waals surface area contributed by atoms with Gasteiger partial charge in [0.05, 0.1) is 26.4 Å². The van der Waals surface area contributed by atoms with Gasteiger partial charge in [-0.05, 0) is 48.9 Å². The fraction of sp³-hybridized carbons (Fsp3) is 0.333. The highest BCUT2D eigenvalue weighted by Crippen LogP contribution is 2.28. The highest BCUT2D eigenvalue weighted by atomic mass is 16.5. The van der Waals surface area contributed by atoms with Crippen LogP contribution in [0.25, 0.3) is 0 Å². The van der Waals surface area contributed by atoms with Crippen molar-refractivity contribution >= 4 is 17.6 Å². The molecule has 7 heteroatoms. The van der Waals surface area contributed by atoms with Crippen LogP contribution in [0.1, 0.15) is 30.1 Å². The SMILES string of the molecule is CCCCOC(=O)c1ccc(OCC(=O)Nc2ccc(OC)cc2)c(OC)c1. The standard InChI is InChI=1S/C21H25NO6/c1-4-5-12-27-21(24)15-6-11-18(19(13-15)26-3)28-14-20(23)22-16-7-9-17(25-2)10-8-16/h6-11,13H,4-5,12,14H2,1-3H3,(H,22,23). The van der Waals surface area contributed by atoms with E-state index in [1.54, 1.807) is 43.5 Å². The second-order valence-electron chi connectivity index (χ2n) is 5.92. The molecule has 2 aromatic rings. The lowest BCUT2D eigenvalue weighted by Gasteiger charge is -2.12. The highest BCUT2D eigenvalue weighted by Gasteiger charge is 2.13. The Bertz CT molecular complexity index is 788. The molecule has 2 aromatic carbocycles. The molecule has 0 fully saturated rings. The molecule has 28 heavy (non-hydrogen) atoms. The zero-order valence-corrected chi connectivity index (χ0v) is 16.3. The van der Waals surface area contributed by atoms with Gasteiger partial charge in [-0.1, -0.05) is 13.3 Å². The van der Waals surface area contributed by atoms with Crippen molar-refractivity contribution in [2.45, 2.75) is 19.8 Å². The van der Waals surface area contributed by atoms with Crippen molar-refractivity contribution in [2.75, 3.05) is 32.8 Å². The number of hydrogen-bond acceptors (Lipinski definition) is 6. The number of benzene rings is 2. The molecule has 0 aromatic heterocycles. The van der Waals surface area contributed by atoms with Crippen molar-refractivity contribution in [3.63, 3.8) is 0 Å². The number of esters is 1. The van der Waals surface area contributed by atoms with Crippen molar-refractivity contribution in [3.8, 4) is 17.2 Å². The van der Waals surface area contributed by atoms with Crippen LogP contribution in [0.4, 0.5) is 5.69 Å². The van der Waals surface area contributed by atoms with Crippen molar-refractivity contribution in [2.24, 2.45) is 0 Å². The number of rotatable bonds is 10. The first-order valence-corrected chi connectivity index (χ1v) is 8.99. The van der Waals surface area contributed by atoms with Gasteiger partial charge in [-0.3, -0.25) is 4.79 Å². The Labute approximate surface area is 164 Å². The van der Waals surface area contributed by atoms with Gasteiger partial charge in [-0.2, -0.15) is 0 Å². The van der Waals surface area contributed by atoms with E-state index in [2.05, 4.69) is 5.32 Å². The maximum atomic E-state index is 12.1. The van der Waals surface area contributed by atoms with Crippen molar-refractivity contribution in [1.29, 1.82) is 0 Å². The molecule has 1 amide bonds. The van der Waals surface area contributed by atoms with Gasteiger partial charge in [-0.15, -0.1) is 0 Å². The number of anilines is 1. The lowest BCUT2D eigenvalue weighted by Crippen LogP contribution is -2.20. The summed E-state index contributed by atoms with van der Waals surface area (Å²) in [5.74, 6) is 0.665. The zero-order valence-electron chi connectivity index (χ0n) is 16.3. The molecular weight excluding hydrogens is 362 g/mol. The Morgan fingerprint density at radius 3 is 2.36 bits per heavy atom. The average Bonchev–Trinajstić information content (AvgIpc) is 2.72. The van der Waals surface area contributed by atoms with Gasteiger partial charge >= 0.3 is 5.97 Å². The summed E-state index contributed by atoms with van der Waals surface area (Å²) >= 11 is 0. The number of hydrogen-bond donors (Lipinski definition) is 1. The smallest absolute Gasteiger partial charge is 0.338 e. The first-order chi connectivity index (χ1) is 13.6. The topological polar surface area (TPSA) is 83.1 Å². The van der Waals surface area contributed by atoms with Gasteiger partial charge in [0.2, 0.25) is 0 Å². The van der Waals surface area contributed by atoms with Gasteiger partial charge in [0, 0.05) is 5.69 Å². The summed E-state index contributed by atoms with van der Waals surface area (Å²) in [4.78, 5) is 24.1. The number of methoxy groups -OCH3 is 2. The molecule has 0 radical (unpaired) electrons. The largest absolute Gasteiger partial charge is 0.497 e. The van der Waals surface area contributed by atoms with Crippen LogP contribution in [0.3, 0.4) is 0 Å². The number of amides is 1. The van der Waals surface area contributed by atoms with Crippen LogP contribution < -0.4 is 19.5 Å². The van der Waals surface area contributed by atoms with E-state index in [9.17, 15) is 9.59 Å². The second kappa shape index (κ2) is 10.8. The molecule has 2 rings (SSSR count). The van der Waals surface area contributed by atoms with Crippen LogP contribution in [0.15, 0.2) is 42.5 Å². The monoisotopic (exact) mass is 387 g/mol. The van der Waals surface area contributed by atoms with Crippen LogP contribution >= 0.6 is 0 Å². The molecule has 7 nitrogen and oxygen atoms in total. The van der Waals surface area contributed by atoms with Crippen molar-refractivity contribution < 1.29 is 28.5 Å². The minimum absolute atomic E-state index is 0.206.